The van der Waals surface area contributed by atoms with Gasteiger partial charge < -0.3 is 10.0 Å². The standard InChI is InChI=1S/C28H31N5O6S/c1-19-16-25(28(36)30-39-3)24-18-22(8-11-26(24)29-19)5-4-21-6-9-23(10-7-21)31-12-14-32(15-13-31)33(40(37)38)20(2)17-27(34)35/h6-11,16,18,20H,12-15,17H2,1-3H3,(H,30,36)(H,34,35)(H,37,38). The van der Waals surface area contributed by atoms with Crippen molar-refractivity contribution in [3.05, 3.63) is 70.9 Å². The van der Waals surface area contributed by atoms with E-state index in [-0.39, 0.29) is 12.3 Å². The normalized spacial score (nSPS) is 15.4. The van der Waals surface area contributed by atoms with E-state index in [1.165, 1.54) is 11.5 Å². The Morgan fingerprint density at radius 3 is 2.38 bits per heavy atom. The largest absolute Gasteiger partial charge is 0.481 e. The molecule has 3 N–H and O–H groups in total. The summed E-state index contributed by atoms with van der Waals surface area (Å²) in [6.45, 7) is 5.65. The van der Waals surface area contributed by atoms with Crippen molar-refractivity contribution in [2.75, 3.05) is 38.2 Å². The summed E-state index contributed by atoms with van der Waals surface area (Å²) < 4.78 is 22.8. The van der Waals surface area contributed by atoms with E-state index in [2.05, 4.69) is 27.2 Å². The maximum atomic E-state index is 12.5. The molecule has 210 valence electrons. The number of carboxylic acids is 1. The average Bonchev–Trinajstić information content (AvgIpc) is 2.92. The van der Waals surface area contributed by atoms with Gasteiger partial charge in [-0.3, -0.25) is 24.0 Å². The van der Waals surface area contributed by atoms with E-state index < -0.39 is 23.3 Å². The van der Waals surface area contributed by atoms with Crippen LogP contribution < -0.4 is 10.4 Å². The molecule has 2 aromatic carbocycles. The average molecular weight is 566 g/mol. The van der Waals surface area contributed by atoms with Crippen LogP contribution in [0.5, 0.6) is 0 Å². The zero-order chi connectivity index (χ0) is 28.8. The second-order valence-corrected chi connectivity index (χ2v) is 10.2. The summed E-state index contributed by atoms with van der Waals surface area (Å²) in [6.07, 6.45) is -0.227. The molecule has 1 aliphatic heterocycles. The first-order valence-corrected chi connectivity index (χ1v) is 13.7. The number of piperazine rings is 1. The van der Waals surface area contributed by atoms with Crippen molar-refractivity contribution in [1.29, 1.82) is 0 Å². The number of pyridine rings is 1. The summed E-state index contributed by atoms with van der Waals surface area (Å²) in [6, 6.07) is 14.5. The van der Waals surface area contributed by atoms with Gasteiger partial charge in [-0.15, -0.1) is 4.41 Å². The number of amides is 1. The lowest BCUT2D eigenvalue weighted by atomic mass is 10.0. The SMILES string of the molecule is CONC(=O)c1cc(C)nc2ccc(C#Cc3ccc(N4CCN(N(C(C)CC(=O)O)S(=O)O)CC4)cc3)cc12. The molecule has 0 radical (unpaired) electrons. The fourth-order valence-electron chi connectivity index (χ4n) is 4.68. The Hall–Kier alpha value is -3.86. The fraction of sp³-hybridized carbons (Fsp3) is 0.321. The molecule has 0 aliphatic carbocycles. The van der Waals surface area contributed by atoms with Gasteiger partial charge in [0, 0.05) is 60.1 Å². The highest BCUT2D eigenvalue weighted by Gasteiger charge is 2.30. The number of carboxylic acid groups (broad SMARTS) is 1. The summed E-state index contributed by atoms with van der Waals surface area (Å²) in [4.78, 5) is 35.0. The van der Waals surface area contributed by atoms with E-state index in [9.17, 15) is 18.4 Å². The van der Waals surface area contributed by atoms with Gasteiger partial charge in [-0.1, -0.05) is 11.8 Å². The van der Waals surface area contributed by atoms with Gasteiger partial charge in [-0.05, 0) is 62.4 Å². The quantitative estimate of drug-likeness (QED) is 0.214. The van der Waals surface area contributed by atoms with Crippen molar-refractivity contribution < 1.29 is 28.3 Å². The Balaban J connectivity index is 1.44. The molecule has 0 spiro atoms. The number of hydrazine groups is 1. The number of nitrogens with zero attached hydrogens (tertiary/aromatic N) is 4. The second kappa shape index (κ2) is 13.0. The number of aliphatic carboxylic acids is 1. The molecular weight excluding hydrogens is 534 g/mol. The van der Waals surface area contributed by atoms with E-state index in [1.807, 2.05) is 49.4 Å². The van der Waals surface area contributed by atoms with Crippen LogP contribution in [0.3, 0.4) is 0 Å². The highest BCUT2D eigenvalue weighted by atomic mass is 32.2. The van der Waals surface area contributed by atoms with Gasteiger partial charge >= 0.3 is 5.97 Å². The fourth-order valence-corrected chi connectivity index (χ4v) is 5.43. The van der Waals surface area contributed by atoms with E-state index in [4.69, 9.17) is 9.94 Å². The molecule has 40 heavy (non-hydrogen) atoms. The van der Waals surface area contributed by atoms with E-state index in [0.717, 1.165) is 22.5 Å². The maximum absolute atomic E-state index is 12.5. The van der Waals surface area contributed by atoms with Gasteiger partial charge in [0.1, 0.15) is 0 Å². The van der Waals surface area contributed by atoms with E-state index in [1.54, 1.807) is 18.0 Å². The van der Waals surface area contributed by atoms with Crippen molar-refractivity contribution in [2.24, 2.45) is 0 Å². The van der Waals surface area contributed by atoms with Crippen LogP contribution >= 0.6 is 0 Å². The van der Waals surface area contributed by atoms with Crippen molar-refractivity contribution in [3.63, 3.8) is 0 Å². The first-order chi connectivity index (χ1) is 19.2. The third-order valence-electron chi connectivity index (χ3n) is 6.50. The monoisotopic (exact) mass is 565 g/mol. The van der Waals surface area contributed by atoms with Gasteiger partial charge in [-0.25, -0.2) is 14.7 Å². The minimum Gasteiger partial charge on any atom is -0.481 e. The molecule has 2 heterocycles. The summed E-state index contributed by atoms with van der Waals surface area (Å²) in [7, 11) is 1.38. The molecule has 0 bridgehead atoms. The molecular formula is C28H31N5O6S. The van der Waals surface area contributed by atoms with Gasteiger partial charge in [0.25, 0.3) is 5.91 Å². The first-order valence-electron chi connectivity index (χ1n) is 12.6. The van der Waals surface area contributed by atoms with Crippen molar-refractivity contribution in [1.82, 2.24) is 19.9 Å². The van der Waals surface area contributed by atoms with Crippen LogP contribution in [0, 0.1) is 18.8 Å². The van der Waals surface area contributed by atoms with Gasteiger partial charge in [0.15, 0.2) is 0 Å². The van der Waals surface area contributed by atoms with E-state index >= 15 is 0 Å². The molecule has 1 aliphatic rings. The Morgan fingerprint density at radius 2 is 1.75 bits per heavy atom. The van der Waals surface area contributed by atoms with Gasteiger partial charge in [0.2, 0.25) is 11.3 Å². The van der Waals surface area contributed by atoms with Crippen LogP contribution in [0.2, 0.25) is 0 Å². The minimum atomic E-state index is -2.31. The molecule has 1 amide bonds. The van der Waals surface area contributed by atoms with Crippen LogP contribution in [0.15, 0.2) is 48.5 Å². The molecule has 4 rings (SSSR count). The highest BCUT2D eigenvalue weighted by molar-refractivity contribution is 7.76. The Bertz CT molecular complexity index is 1480. The van der Waals surface area contributed by atoms with Crippen molar-refractivity contribution in [2.45, 2.75) is 26.3 Å². The number of hydrogen-bond donors (Lipinski definition) is 3. The number of aromatic nitrogens is 1. The molecule has 1 aromatic heterocycles. The number of nitrogens with one attached hydrogen (secondary N) is 1. The van der Waals surface area contributed by atoms with Gasteiger partial charge in [-0.2, -0.15) is 0 Å². The van der Waals surface area contributed by atoms with Crippen LogP contribution in [0.4, 0.5) is 5.69 Å². The summed E-state index contributed by atoms with van der Waals surface area (Å²) in [5.41, 5.74) is 6.81. The van der Waals surface area contributed by atoms with E-state index in [0.29, 0.717) is 42.6 Å². The Labute approximate surface area is 235 Å². The number of benzene rings is 2. The smallest absolute Gasteiger partial charge is 0.305 e. The predicted octanol–water partition coefficient (Wildman–Crippen LogP) is 2.57. The highest BCUT2D eigenvalue weighted by Crippen LogP contribution is 2.22. The zero-order valence-electron chi connectivity index (χ0n) is 22.5. The van der Waals surface area contributed by atoms with Crippen LogP contribution in [0.25, 0.3) is 10.9 Å². The number of carbonyl (C=O) groups excluding carboxylic acids is 1. The summed E-state index contributed by atoms with van der Waals surface area (Å²) in [5, 5.41) is 11.5. The third kappa shape index (κ3) is 7.01. The van der Waals surface area contributed by atoms with Crippen LogP contribution in [-0.4, -0.2) is 79.5 Å². The molecule has 0 saturated carbocycles. The molecule has 1 fully saturated rings. The van der Waals surface area contributed by atoms with Crippen molar-refractivity contribution >= 4 is 39.7 Å². The molecule has 11 nitrogen and oxygen atoms in total. The molecule has 2 unspecified atom stereocenters. The Morgan fingerprint density at radius 1 is 1.10 bits per heavy atom. The number of fused-ring (bicyclic) bond motifs is 1. The topological polar surface area (TPSA) is 136 Å². The van der Waals surface area contributed by atoms with Gasteiger partial charge in [0.05, 0.1) is 24.6 Å². The maximum Gasteiger partial charge on any atom is 0.305 e. The lowest BCUT2D eigenvalue weighted by Crippen LogP contribution is -2.57. The van der Waals surface area contributed by atoms with Crippen molar-refractivity contribution in [3.8, 4) is 11.8 Å². The number of aryl methyl sites for hydroxylation is 1. The number of anilines is 1. The Kier molecular flexibility index (Phi) is 9.46. The summed E-state index contributed by atoms with van der Waals surface area (Å²) >= 11 is -2.31. The molecule has 1 saturated heterocycles. The molecule has 3 aromatic rings. The zero-order valence-corrected chi connectivity index (χ0v) is 23.3. The lowest BCUT2D eigenvalue weighted by Gasteiger charge is -2.41. The third-order valence-corrected chi connectivity index (χ3v) is 7.41. The predicted molar refractivity (Wildman–Crippen MR) is 151 cm³/mol. The summed E-state index contributed by atoms with van der Waals surface area (Å²) in [5.74, 6) is 4.95. The first kappa shape index (κ1) is 29.1. The number of hydrogen-bond acceptors (Lipinski definition) is 7. The lowest BCUT2D eigenvalue weighted by molar-refractivity contribution is -0.139. The minimum absolute atomic E-state index is 0.227. The molecule has 2 atom stereocenters. The van der Waals surface area contributed by atoms with Crippen LogP contribution in [0.1, 0.15) is 40.5 Å². The second-order valence-electron chi connectivity index (χ2n) is 9.40. The number of hydroxylamine groups is 1. The van der Waals surface area contributed by atoms with Crippen LogP contribution in [-0.2, 0) is 20.9 Å². The number of carbonyl (C=O) groups is 2. The molecule has 12 heteroatoms. The number of rotatable bonds is 8.